The summed E-state index contributed by atoms with van der Waals surface area (Å²) in [6.07, 6.45) is -2.11. The Balaban J connectivity index is 1.54. The fraction of sp³-hybridized carbons (Fsp3) is 0.519. The average molecular weight is 587 g/mol. The van der Waals surface area contributed by atoms with Gasteiger partial charge in [-0.25, -0.2) is 4.98 Å². The molecule has 3 aromatic rings. The molecule has 1 aromatic carbocycles. The Labute approximate surface area is 230 Å². The van der Waals surface area contributed by atoms with Crippen LogP contribution in [0.15, 0.2) is 24.4 Å². The fourth-order valence-electron chi connectivity index (χ4n) is 5.43. The minimum absolute atomic E-state index is 0.0794. The molecule has 1 saturated heterocycles. The molecule has 216 valence electrons. The van der Waals surface area contributed by atoms with E-state index in [9.17, 15) is 31.1 Å². The number of nitrogens with one attached hydrogen (secondary N) is 2. The van der Waals surface area contributed by atoms with E-state index >= 15 is 0 Å². The number of hydrogen-bond acceptors (Lipinski definition) is 5. The Kier molecular flexibility index (Phi) is 8.23. The zero-order chi connectivity index (χ0) is 28.5. The second kappa shape index (κ2) is 11.5. The number of H-pyrrole nitrogens is 1. The summed E-state index contributed by atoms with van der Waals surface area (Å²) in [6, 6.07) is 3.16. The van der Waals surface area contributed by atoms with Crippen molar-refractivity contribution >= 4 is 17.2 Å². The van der Waals surface area contributed by atoms with Gasteiger partial charge in [0, 0.05) is 24.8 Å². The van der Waals surface area contributed by atoms with E-state index in [1.54, 1.807) is 5.10 Å². The van der Waals surface area contributed by atoms with Gasteiger partial charge in [0.2, 0.25) is 0 Å². The molecule has 2 aliphatic rings. The third-order valence-electron chi connectivity index (χ3n) is 7.46. The number of rotatable bonds is 6. The maximum atomic E-state index is 14.2. The largest absolute Gasteiger partial charge is 0.433 e. The van der Waals surface area contributed by atoms with Crippen molar-refractivity contribution in [2.75, 3.05) is 13.2 Å². The molecule has 0 spiro atoms. The third-order valence-corrected chi connectivity index (χ3v) is 8.60. The molecule has 6 nitrogen and oxygen atoms in total. The molecule has 5 rings (SSSR count). The summed E-state index contributed by atoms with van der Waals surface area (Å²) in [5, 5.41) is 8.21. The molecule has 0 bridgehead atoms. The number of hydrogen-bond donors (Lipinski definition) is 2. The Morgan fingerprint density at radius 1 is 1.00 bits per heavy atom. The summed E-state index contributed by atoms with van der Waals surface area (Å²) in [6.45, 7) is 1.06. The molecule has 0 atom stereocenters. The van der Waals surface area contributed by atoms with Gasteiger partial charge in [-0.3, -0.25) is 9.89 Å². The Hall–Kier alpha value is -2.93. The van der Waals surface area contributed by atoms with Crippen LogP contribution in [-0.2, 0) is 23.5 Å². The molecule has 3 heterocycles. The van der Waals surface area contributed by atoms with Crippen molar-refractivity contribution in [1.29, 1.82) is 0 Å². The number of aromatic nitrogens is 3. The number of carbonyl (C=O) groups excluding carboxylic acids is 1. The van der Waals surface area contributed by atoms with E-state index in [1.807, 2.05) is 0 Å². The van der Waals surface area contributed by atoms with Gasteiger partial charge in [-0.05, 0) is 42.4 Å². The summed E-state index contributed by atoms with van der Waals surface area (Å²) in [5.41, 5.74) is -3.20. The highest BCUT2D eigenvalue weighted by Crippen LogP contribution is 2.44. The van der Waals surface area contributed by atoms with Crippen LogP contribution in [0.1, 0.15) is 71.7 Å². The van der Waals surface area contributed by atoms with Crippen LogP contribution in [0, 0.1) is 5.92 Å². The lowest BCUT2D eigenvalue weighted by Crippen LogP contribution is -2.38. The predicted molar refractivity (Wildman–Crippen MR) is 137 cm³/mol. The molecule has 1 aliphatic heterocycles. The lowest BCUT2D eigenvalue weighted by atomic mass is 9.85. The van der Waals surface area contributed by atoms with E-state index in [0.29, 0.717) is 49.0 Å². The van der Waals surface area contributed by atoms with Gasteiger partial charge in [0.15, 0.2) is 5.01 Å². The molecule has 13 heteroatoms. The number of ether oxygens (including phenoxy) is 1. The Morgan fingerprint density at radius 2 is 1.73 bits per heavy atom. The number of thiazole rings is 1. The average Bonchev–Trinajstić information content (AvgIpc) is 3.57. The van der Waals surface area contributed by atoms with Crippen LogP contribution in [0.2, 0.25) is 0 Å². The minimum Gasteiger partial charge on any atom is -0.381 e. The van der Waals surface area contributed by atoms with Gasteiger partial charge < -0.3 is 10.1 Å². The lowest BCUT2D eigenvalue weighted by Gasteiger charge is -2.22. The van der Waals surface area contributed by atoms with E-state index in [4.69, 9.17) is 4.74 Å². The van der Waals surface area contributed by atoms with Gasteiger partial charge in [0.1, 0.15) is 5.69 Å². The van der Waals surface area contributed by atoms with Crippen LogP contribution in [0.25, 0.3) is 21.6 Å². The maximum Gasteiger partial charge on any atom is 0.433 e. The first-order valence-corrected chi connectivity index (χ1v) is 14.0. The molecule has 0 radical (unpaired) electrons. The third kappa shape index (κ3) is 6.35. The minimum atomic E-state index is -4.94. The van der Waals surface area contributed by atoms with Crippen LogP contribution in [0.3, 0.4) is 0 Å². The van der Waals surface area contributed by atoms with Gasteiger partial charge in [-0.1, -0.05) is 44.2 Å². The SMILES string of the molecule is O=C(NC1CCOCC1)c1nc(CC2CCCCC2)c(-c2ccc(-c3cn[nH]c3C(F)(F)F)c(C(F)(F)F)c2)s1. The molecule has 40 heavy (non-hydrogen) atoms. The van der Waals surface area contributed by atoms with Gasteiger partial charge in [0.25, 0.3) is 5.91 Å². The Bertz CT molecular complexity index is 1340. The highest BCUT2D eigenvalue weighted by molar-refractivity contribution is 7.17. The van der Waals surface area contributed by atoms with E-state index in [0.717, 1.165) is 61.8 Å². The van der Waals surface area contributed by atoms with Gasteiger partial charge in [0.05, 0.1) is 22.3 Å². The van der Waals surface area contributed by atoms with Crippen molar-refractivity contribution in [2.45, 2.75) is 69.8 Å². The van der Waals surface area contributed by atoms with Crippen LogP contribution in [-0.4, -0.2) is 40.3 Å². The number of carbonyl (C=O) groups is 1. The standard InChI is InChI=1S/C27H28F6N4O2S/c28-26(29,30)20-13-16(6-7-18(20)19-14-34-37-23(19)27(31,32)33)22-21(12-15-4-2-1-3-5-15)36-25(40-22)24(38)35-17-8-10-39-11-9-17/h6-7,13-15,17H,1-5,8-12H2,(H,34,37)(H,35,38). The predicted octanol–water partition coefficient (Wildman–Crippen LogP) is 7.27. The first-order valence-electron chi connectivity index (χ1n) is 13.2. The van der Waals surface area contributed by atoms with Crippen molar-refractivity contribution in [3.05, 3.63) is 46.4 Å². The lowest BCUT2D eigenvalue weighted by molar-refractivity contribution is -0.141. The molecule has 2 aromatic heterocycles. The second-order valence-electron chi connectivity index (χ2n) is 10.3. The zero-order valence-electron chi connectivity index (χ0n) is 21.4. The van der Waals surface area contributed by atoms with E-state index in [-0.39, 0.29) is 16.6 Å². The van der Waals surface area contributed by atoms with Gasteiger partial charge in [-0.2, -0.15) is 31.4 Å². The fourth-order valence-corrected chi connectivity index (χ4v) is 6.42. The van der Waals surface area contributed by atoms with Crippen molar-refractivity contribution in [1.82, 2.24) is 20.5 Å². The first-order chi connectivity index (χ1) is 19.0. The number of nitrogens with zero attached hydrogens (tertiary/aromatic N) is 2. The molecular formula is C27H28F6N4O2S. The van der Waals surface area contributed by atoms with Crippen molar-refractivity contribution in [2.24, 2.45) is 5.92 Å². The number of halogens is 6. The molecule has 2 N–H and O–H groups in total. The summed E-state index contributed by atoms with van der Waals surface area (Å²) >= 11 is 1.01. The van der Waals surface area contributed by atoms with Crippen LogP contribution < -0.4 is 5.32 Å². The summed E-state index contributed by atoms with van der Waals surface area (Å²) in [5.74, 6) is -0.100. The topological polar surface area (TPSA) is 79.9 Å². The molecule has 2 fully saturated rings. The number of alkyl halides is 6. The second-order valence-corrected chi connectivity index (χ2v) is 11.3. The summed E-state index contributed by atoms with van der Waals surface area (Å²) in [7, 11) is 0. The van der Waals surface area contributed by atoms with Crippen molar-refractivity contribution in [3.8, 4) is 21.6 Å². The van der Waals surface area contributed by atoms with Crippen LogP contribution >= 0.6 is 11.3 Å². The van der Waals surface area contributed by atoms with Gasteiger partial charge >= 0.3 is 12.4 Å². The monoisotopic (exact) mass is 586 g/mol. The molecule has 1 amide bonds. The molecule has 0 unspecified atom stereocenters. The molecule has 1 aliphatic carbocycles. The maximum absolute atomic E-state index is 14.2. The number of amides is 1. The van der Waals surface area contributed by atoms with E-state index in [2.05, 4.69) is 15.4 Å². The zero-order valence-corrected chi connectivity index (χ0v) is 22.2. The van der Waals surface area contributed by atoms with Crippen LogP contribution in [0.5, 0.6) is 0 Å². The van der Waals surface area contributed by atoms with Crippen molar-refractivity contribution < 1.29 is 35.9 Å². The highest BCUT2D eigenvalue weighted by atomic mass is 32.1. The highest BCUT2D eigenvalue weighted by Gasteiger charge is 2.40. The smallest absolute Gasteiger partial charge is 0.381 e. The van der Waals surface area contributed by atoms with Crippen molar-refractivity contribution in [3.63, 3.8) is 0 Å². The molecule has 1 saturated carbocycles. The Morgan fingerprint density at radius 3 is 2.40 bits per heavy atom. The van der Waals surface area contributed by atoms with Crippen LogP contribution in [0.4, 0.5) is 26.3 Å². The number of aromatic amines is 1. The first kappa shape index (κ1) is 28.6. The number of benzene rings is 1. The normalized spacial score (nSPS) is 17.8. The molecular weight excluding hydrogens is 558 g/mol. The van der Waals surface area contributed by atoms with Gasteiger partial charge in [-0.15, -0.1) is 11.3 Å². The van der Waals surface area contributed by atoms with E-state index in [1.165, 1.54) is 6.07 Å². The van der Waals surface area contributed by atoms with E-state index < -0.39 is 40.6 Å². The summed E-state index contributed by atoms with van der Waals surface area (Å²) < 4.78 is 88.4. The quantitative estimate of drug-likeness (QED) is 0.298. The summed E-state index contributed by atoms with van der Waals surface area (Å²) in [4.78, 5) is 18.1.